The SMILES string of the molecule is C=CCNC(=O)C(C)N1CCN[C@@H](C)C1. The smallest absolute Gasteiger partial charge is 0.237 e. The number of carbonyl (C=O) groups excluding carboxylic acids is 1. The van der Waals surface area contributed by atoms with Gasteiger partial charge in [-0.15, -0.1) is 6.58 Å². The van der Waals surface area contributed by atoms with Crippen molar-refractivity contribution in [3.05, 3.63) is 12.7 Å². The Bertz CT molecular complexity index is 230. The molecule has 1 amide bonds. The summed E-state index contributed by atoms with van der Waals surface area (Å²) in [5, 5.41) is 6.18. The molecule has 15 heavy (non-hydrogen) atoms. The van der Waals surface area contributed by atoms with Gasteiger partial charge in [-0.3, -0.25) is 9.69 Å². The highest BCUT2D eigenvalue weighted by atomic mass is 16.2. The lowest BCUT2D eigenvalue weighted by Gasteiger charge is -2.35. The van der Waals surface area contributed by atoms with E-state index in [1.165, 1.54) is 0 Å². The Balaban J connectivity index is 2.40. The molecule has 0 spiro atoms. The molecule has 1 rings (SSSR count). The first-order chi connectivity index (χ1) is 7.15. The zero-order chi connectivity index (χ0) is 11.3. The molecule has 1 unspecified atom stereocenters. The van der Waals surface area contributed by atoms with Gasteiger partial charge in [0, 0.05) is 32.2 Å². The molecule has 1 aliphatic rings. The molecule has 4 nitrogen and oxygen atoms in total. The molecule has 0 aliphatic carbocycles. The van der Waals surface area contributed by atoms with Crippen LogP contribution in [0.25, 0.3) is 0 Å². The van der Waals surface area contributed by atoms with Crippen LogP contribution in [0.3, 0.4) is 0 Å². The molecule has 0 aromatic heterocycles. The molecule has 1 aliphatic heterocycles. The summed E-state index contributed by atoms with van der Waals surface area (Å²) < 4.78 is 0. The van der Waals surface area contributed by atoms with E-state index < -0.39 is 0 Å². The second kappa shape index (κ2) is 5.88. The summed E-state index contributed by atoms with van der Waals surface area (Å²) in [6, 6.07) is 0.419. The van der Waals surface area contributed by atoms with Gasteiger partial charge in [-0.05, 0) is 13.8 Å². The Morgan fingerprint density at radius 2 is 2.53 bits per heavy atom. The molecule has 2 atom stereocenters. The van der Waals surface area contributed by atoms with Gasteiger partial charge in [-0.2, -0.15) is 0 Å². The number of carbonyl (C=O) groups is 1. The third kappa shape index (κ3) is 3.64. The summed E-state index contributed by atoms with van der Waals surface area (Å²) in [5.41, 5.74) is 0. The lowest BCUT2D eigenvalue weighted by molar-refractivity contribution is -0.126. The van der Waals surface area contributed by atoms with E-state index in [9.17, 15) is 4.79 Å². The molecular formula is C11H21N3O. The fraction of sp³-hybridized carbons (Fsp3) is 0.727. The molecule has 1 fully saturated rings. The highest BCUT2D eigenvalue weighted by molar-refractivity contribution is 5.81. The summed E-state index contributed by atoms with van der Waals surface area (Å²) in [6.45, 7) is 11.0. The van der Waals surface area contributed by atoms with E-state index in [2.05, 4.69) is 29.0 Å². The molecule has 1 heterocycles. The molecule has 1 saturated heterocycles. The first kappa shape index (κ1) is 12.2. The van der Waals surface area contributed by atoms with Crippen LogP contribution in [-0.2, 0) is 4.79 Å². The molecule has 0 aromatic carbocycles. The number of amides is 1. The highest BCUT2D eigenvalue weighted by Gasteiger charge is 2.24. The Labute approximate surface area is 91.7 Å². The predicted molar refractivity (Wildman–Crippen MR) is 61.7 cm³/mol. The van der Waals surface area contributed by atoms with Crippen LogP contribution in [0.15, 0.2) is 12.7 Å². The van der Waals surface area contributed by atoms with Crippen LogP contribution in [-0.4, -0.2) is 49.1 Å². The van der Waals surface area contributed by atoms with E-state index in [1.807, 2.05) is 6.92 Å². The van der Waals surface area contributed by atoms with Crippen LogP contribution in [0, 0.1) is 0 Å². The van der Waals surface area contributed by atoms with Crippen molar-refractivity contribution < 1.29 is 4.79 Å². The van der Waals surface area contributed by atoms with E-state index >= 15 is 0 Å². The van der Waals surface area contributed by atoms with Gasteiger partial charge in [0.1, 0.15) is 0 Å². The summed E-state index contributed by atoms with van der Waals surface area (Å²) in [7, 11) is 0. The third-order valence-electron chi connectivity index (χ3n) is 2.75. The van der Waals surface area contributed by atoms with Gasteiger partial charge in [0.2, 0.25) is 5.91 Å². The fourth-order valence-electron chi connectivity index (χ4n) is 1.80. The summed E-state index contributed by atoms with van der Waals surface area (Å²) in [4.78, 5) is 13.9. The van der Waals surface area contributed by atoms with E-state index in [0.717, 1.165) is 19.6 Å². The average molecular weight is 211 g/mol. The molecule has 0 bridgehead atoms. The first-order valence-electron chi connectivity index (χ1n) is 5.51. The van der Waals surface area contributed by atoms with Crippen molar-refractivity contribution in [2.24, 2.45) is 0 Å². The van der Waals surface area contributed by atoms with E-state index in [1.54, 1.807) is 6.08 Å². The van der Waals surface area contributed by atoms with Crippen molar-refractivity contribution >= 4 is 5.91 Å². The van der Waals surface area contributed by atoms with Crippen LogP contribution in [0.2, 0.25) is 0 Å². The number of nitrogens with zero attached hydrogens (tertiary/aromatic N) is 1. The van der Waals surface area contributed by atoms with Gasteiger partial charge in [0.15, 0.2) is 0 Å². The van der Waals surface area contributed by atoms with Gasteiger partial charge in [0.05, 0.1) is 6.04 Å². The normalized spacial score (nSPS) is 24.5. The summed E-state index contributed by atoms with van der Waals surface area (Å²) in [6.07, 6.45) is 1.70. The monoisotopic (exact) mass is 211 g/mol. The van der Waals surface area contributed by atoms with Crippen molar-refractivity contribution in [3.63, 3.8) is 0 Å². The van der Waals surface area contributed by atoms with Crippen molar-refractivity contribution in [3.8, 4) is 0 Å². The van der Waals surface area contributed by atoms with Gasteiger partial charge < -0.3 is 10.6 Å². The first-order valence-corrected chi connectivity index (χ1v) is 5.51. The standard InChI is InChI=1S/C11H21N3O/c1-4-5-13-11(15)10(3)14-7-6-12-9(2)8-14/h4,9-10,12H,1,5-8H2,2-3H3,(H,13,15)/t9-,10?/m0/s1. The Kier molecular flexibility index (Phi) is 4.78. The van der Waals surface area contributed by atoms with E-state index in [-0.39, 0.29) is 11.9 Å². The number of nitrogens with one attached hydrogen (secondary N) is 2. The Morgan fingerprint density at radius 1 is 1.80 bits per heavy atom. The van der Waals surface area contributed by atoms with E-state index in [0.29, 0.717) is 12.6 Å². The third-order valence-corrected chi connectivity index (χ3v) is 2.75. The van der Waals surface area contributed by atoms with Crippen LogP contribution in [0.4, 0.5) is 0 Å². The number of hydrogen-bond donors (Lipinski definition) is 2. The van der Waals surface area contributed by atoms with Crippen molar-refractivity contribution in [2.75, 3.05) is 26.2 Å². The van der Waals surface area contributed by atoms with Crippen molar-refractivity contribution in [2.45, 2.75) is 25.9 Å². The fourth-order valence-corrected chi connectivity index (χ4v) is 1.80. The second-order valence-electron chi connectivity index (χ2n) is 4.06. The lowest BCUT2D eigenvalue weighted by atomic mass is 10.1. The minimum absolute atomic E-state index is 0.0468. The van der Waals surface area contributed by atoms with Crippen LogP contribution in [0.5, 0.6) is 0 Å². The summed E-state index contributed by atoms with van der Waals surface area (Å²) >= 11 is 0. The molecule has 2 N–H and O–H groups in total. The lowest BCUT2D eigenvalue weighted by Crippen LogP contribution is -2.55. The number of rotatable bonds is 4. The van der Waals surface area contributed by atoms with Crippen molar-refractivity contribution in [1.82, 2.24) is 15.5 Å². The van der Waals surface area contributed by atoms with Gasteiger partial charge >= 0.3 is 0 Å². The molecule has 0 saturated carbocycles. The van der Waals surface area contributed by atoms with Gasteiger partial charge in [0.25, 0.3) is 0 Å². The molecular weight excluding hydrogens is 190 g/mol. The van der Waals surface area contributed by atoms with Crippen LogP contribution >= 0.6 is 0 Å². The van der Waals surface area contributed by atoms with Gasteiger partial charge in [-0.1, -0.05) is 6.08 Å². The summed E-state index contributed by atoms with van der Waals surface area (Å²) in [5.74, 6) is 0.0870. The predicted octanol–water partition coefficient (Wildman–Crippen LogP) is -0.0292. The molecule has 0 aromatic rings. The maximum Gasteiger partial charge on any atom is 0.237 e. The number of piperazine rings is 1. The number of hydrogen-bond acceptors (Lipinski definition) is 3. The minimum atomic E-state index is -0.0468. The average Bonchev–Trinajstić information content (AvgIpc) is 2.24. The zero-order valence-electron chi connectivity index (χ0n) is 9.62. The Hall–Kier alpha value is -0.870. The molecule has 0 radical (unpaired) electrons. The van der Waals surface area contributed by atoms with Gasteiger partial charge in [-0.25, -0.2) is 0 Å². The maximum absolute atomic E-state index is 11.7. The molecule has 4 heteroatoms. The largest absolute Gasteiger partial charge is 0.351 e. The van der Waals surface area contributed by atoms with Crippen molar-refractivity contribution in [1.29, 1.82) is 0 Å². The zero-order valence-corrected chi connectivity index (χ0v) is 9.62. The quantitative estimate of drug-likeness (QED) is 0.642. The minimum Gasteiger partial charge on any atom is -0.351 e. The van der Waals surface area contributed by atoms with Crippen LogP contribution < -0.4 is 10.6 Å². The molecule has 86 valence electrons. The second-order valence-corrected chi connectivity index (χ2v) is 4.06. The topological polar surface area (TPSA) is 44.4 Å². The maximum atomic E-state index is 11.7. The highest BCUT2D eigenvalue weighted by Crippen LogP contribution is 2.04. The van der Waals surface area contributed by atoms with E-state index in [4.69, 9.17) is 0 Å². The Morgan fingerprint density at radius 3 is 3.13 bits per heavy atom. The van der Waals surface area contributed by atoms with Crippen LogP contribution in [0.1, 0.15) is 13.8 Å².